The Morgan fingerprint density at radius 1 is 1.47 bits per heavy atom. The molecule has 2 rings (SSSR count). The van der Waals surface area contributed by atoms with Gasteiger partial charge < -0.3 is 6.41 Å². The van der Waals surface area contributed by atoms with E-state index in [0.29, 0.717) is 9.47 Å². The molecule has 0 amide bonds. The van der Waals surface area contributed by atoms with Crippen molar-refractivity contribution >= 4 is 43.9 Å². The van der Waals surface area contributed by atoms with E-state index in [-0.39, 0.29) is 35.9 Å². The van der Waals surface area contributed by atoms with Gasteiger partial charge in [0.2, 0.25) is 0 Å². The van der Waals surface area contributed by atoms with Crippen LogP contribution in [0, 0.1) is 3.95 Å². The van der Waals surface area contributed by atoms with Crippen molar-refractivity contribution in [3.8, 4) is 0 Å². The van der Waals surface area contributed by atoms with Crippen LogP contribution in [0.4, 0.5) is 0 Å². The average Bonchev–Trinajstić information content (AvgIpc) is 2.41. The fourth-order valence-corrected chi connectivity index (χ4v) is 2.69. The van der Waals surface area contributed by atoms with E-state index in [1.54, 1.807) is 6.07 Å². The number of aromatic amines is 1. The molecule has 0 spiro atoms. The first-order valence-electron chi connectivity index (χ1n) is 3.57. The Bertz CT molecular complexity index is 648. The zero-order valence-electron chi connectivity index (χ0n) is 8.72. The smallest absolute Gasteiger partial charge is 1.00 e. The molecule has 1 heterocycles. The molecule has 1 aromatic heterocycles. The SMILES string of the molecule is O=S(=O)(O)c1ccc2sc(=S)[nH]c2c1.[H-].[Na+]. The Balaban J connectivity index is 0.00000112. The van der Waals surface area contributed by atoms with Gasteiger partial charge in [0.05, 0.1) is 15.1 Å². The van der Waals surface area contributed by atoms with Crippen LogP contribution in [-0.2, 0) is 10.1 Å². The van der Waals surface area contributed by atoms with Crippen molar-refractivity contribution in [2.24, 2.45) is 0 Å². The van der Waals surface area contributed by atoms with Crippen LogP contribution in [-0.4, -0.2) is 18.0 Å². The van der Waals surface area contributed by atoms with Gasteiger partial charge in [-0.1, -0.05) is 0 Å². The maximum absolute atomic E-state index is 10.8. The van der Waals surface area contributed by atoms with Crippen LogP contribution in [0.1, 0.15) is 1.43 Å². The third-order valence-corrected chi connectivity index (χ3v) is 3.75. The van der Waals surface area contributed by atoms with E-state index in [2.05, 4.69) is 4.98 Å². The van der Waals surface area contributed by atoms with E-state index in [4.69, 9.17) is 16.8 Å². The van der Waals surface area contributed by atoms with Crippen LogP contribution >= 0.6 is 23.6 Å². The summed E-state index contributed by atoms with van der Waals surface area (Å²) < 4.78 is 31.8. The molecule has 76 valence electrons. The first kappa shape index (κ1) is 13.3. The topological polar surface area (TPSA) is 70.2 Å². The number of thiazole rings is 1. The molecule has 4 nitrogen and oxygen atoms in total. The van der Waals surface area contributed by atoms with Gasteiger partial charge in [0.25, 0.3) is 10.1 Å². The summed E-state index contributed by atoms with van der Waals surface area (Å²) in [6.45, 7) is 0. The first-order valence-corrected chi connectivity index (χ1v) is 6.24. The van der Waals surface area contributed by atoms with Gasteiger partial charge in [-0.3, -0.25) is 4.55 Å². The van der Waals surface area contributed by atoms with Crippen molar-refractivity contribution in [3.63, 3.8) is 0 Å². The predicted molar refractivity (Wildman–Crippen MR) is 57.9 cm³/mol. The first-order chi connectivity index (χ1) is 6.47. The molecule has 0 aliphatic heterocycles. The quantitative estimate of drug-likeness (QED) is 0.410. The summed E-state index contributed by atoms with van der Waals surface area (Å²) in [6.07, 6.45) is 0. The molecular formula is C7H6NNaO3S3. The standard InChI is InChI=1S/C7H5NO3S3.Na.H/c9-14(10,11)4-1-2-6-5(3-4)8-7(12)13-6;;/h1-3H,(H,8,12)(H,9,10,11);;/q;+1;-1. The number of nitrogens with one attached hydrogen (secondary N) is 1. The second-order valence-electron chi connectivity index (χ2n) is 2.65. The van der Waals surface area contributed by atoms with Crippen LogP contribution in [0.3, 0.4) is 0 Å². The van der Waals surface area contributed by atoms with Crippen LogP contribution < -0.4 is 29.6 Å². The zero-order valence-corrected chi connectivity index (χ0v) is 12.2. The van der Waals surface area contributed by atoms with Crippen LogP contribution in [0.15, 0.2) is 23.1 Å². The molecule has 0 bridgehead atoms. The van der Waals surface area contributed by atoms with Gasteiger partial charge in [-0.15, -0.1) is 11.3 Å². The number of fused-ring (bicyclic) bond motifs is 1. The Labute approximate surface area is 119 Å². The molecule has 0 radical (unpaired) electrons. The summed E-state index contributed by atoms with van der Waals surface area (Å²) in [5.41, 5.74) is 0.620. The van der Waals surface area contributed by atoms with Gasteiger partial charge in [-0.05, 0) is 30.4 Å². The fourth-order valence-electron chi connectivity index (χ4n) is 1.09. The van der Waals surface area contributed by atoms with Crippen molar-refractivity contribution in [2.45, 2.75) is 4.90 Å². The monoisotopic (exact) mass is 271 g/mol. The van der Waals surface area contributed by atoms with Crippen LogP contribution in [0.25, 0.3) is 10.2 Å². The third kappa shape index (κ3) is 2.88. The molecule has 2 aromatic rings. The van der Waals surface area contributed by atoms with Gasteiger partial charge in [0, 0.05) is 0 Å². The average molecular weight is 271 g/mol. The number of rotatable bonds is 1. The molecule has 0 aliphatic carbocycles. The normalized spacial score (nSPS) is 11.3. The molecule has 0 atom stereocenters. The van der Waals surface area contributed by atoms with Crippen molar-refractivity contribution in [2.75, 3.05) is 0 Å². The predicted octanol–water partition coefficient (Wildman–Crippen LogP) is -0.678. The van der Waals surface area contributed by atoms with Crippen molar-refractivity contribution < 1.29 is 44.0 Å². The summed E-state index contributed by atoms with van der Waals surface area (Å²) in [6, 6.07) is 4.31. The van der Waals surface area contributed by atoms with E-state index in [1.165, 1.54) is 23.5 Å². The van der Waals surface area contributed by atoms with E-state index in [1.807, 2.05) is 0 Å². The van der Waals surface area contributed by atoms with Gasteiger partial charge in [0.15, 0.2) is 3.95 Å². The number of H-pyrrole nitrogens is 1. The Morgan fingerprint density at radius 2 is 2.13 bits per heavy atom. The number of benzene rings is 1. The molecule has 0 saturated heterocycles. The summed E-state index contributed by atoms with van der Waals surface area (Å²) in [5, 5.41) is 0. The molecule has 8 heteroatoms. The third-order valence-electron chi connectivity index (χ3n) is 1.69. The van der Waals surface area contributed by atoms with Gasteiger partial charge in [-0.25, -0.2) is 0 Å². The van der Waals surface area contributed by atoms with Gasteiger partial charge >= 0.3 is 29.6 Å². The van der Waals surface area contributed by atoms with Crippen LogP contribution in [0.5, 0.6) is 0 Å². The molecule has 2 N–H and O–H groups in total. The second-order valence-corrected chi connectivity index (χ2v) is 5.79. The van der Waals surface area contributed by atoms with E-state index in [9.17, 15) is 8.42 Å². The second kappa shape index (κ2) is 4.62. The summed E-state index contributed by atoms with van der Waals surface area (Å²) >= 11 is 6.25. The van der Waals surface area contributed by atoms with E-state index < -0.39 is 10.1 Å². The number of hydrogen-bond donors (Lipinski definition) is 2. The number of hydrogen-bond acceptors (Lipinski definition) is 4. The molecule has 0 fully saturated rings. The zero-order chi connectivity index (χ0) is 10.3. The Hall–Kier alpha value is 0.240. The Morgan fingerprint density at radius 3 is 2.73 bits per heavy atom. The van der Waals surface area contributed by atoms with Crippen molar-refractivity contribution in [1.29, 1.82) is 0 Å². The van der Waals surface area contributed by atoms with Gasteiger partial charge in [0.1, 0.15) is 0 Å². The minimum Gasteiger partial charge on any atom is -1.00 e. The maximum Gasteiger partial charge on any atom is 1.00 e. The molecule has 1 aromatic carbocycles. The molecule has 0 saturated carbocycles. The molecule has 0 unspecified atom stereocenters. The largest absolute Gasteiger partial charge is 1.00 e. The van der Waals surface area contributed by atoms with E-state index >= 15 is 0 Å². The Kier molecular flexibility index (Phi) is 4.10. The van der Waals surface area contributed by atoms with Crippen molar-refractivity contribution in [1.82, 2.24) is 4.98 Å². The molecular weight excluding hydrogens is 265 g/mol. The molecule has 15 heavy (non-hydrogen) atoms. The molecule has 0 aliphatic rings. The number of aromatic nitrogens is 1. The van der Waals surface area contributed by atoms with E-state index in [0.717, 1.165) is 4.70 Å². The summed E-state index contributed by atoms with van der Waals surface area (Å²) in [5.74, 6) is 0. The minimum absolute atomic E-state index is 0. The fraction of sp³-hybridized carbons (Fsp3) is 0. The summed E-state index contributed by atoms with van der Waals surface area (Å²) in [7, 11) is -4.13. The van der Waals surface area contributed by atoms with Gasteiger partial charge in [-0.2, -0.15) is 8.42 Å². The maximum atomic E-state index is 10.8. The minimum atomic E-state index is -4.13. The summed E-state index contributed by atoms with van der Waals surface area (Å²) in [4.78, 5) is 2.70. The van der Waals surface area contributed by atoms with Crippen molar-refractivity contribution in [3.05, 3.63) is 22.2 Å². The van der Waals surface area contributed by atoms with Crippen LogP contribution in [0.2, 0.25) is 0 Å².